The first-order valence-corrected chi connectivity index (χ1v) is 19.7. The summed E-state index contributed by atoms with van der Waals surface area (Å²) >= 11 is 0. The van der Waals surface area contributed by atoms with E-state index < -0.39 is 0 Å². The van der Waals surface area contributed by atoms with Gasteiger partial charge in [0.15, 0.2) is 5.84 Å². The molecule has 3 heteroatoms. The van der Waals surface area contributed by atoms with E-state index in [1.54, 1.807) is 0 Å². The average molecular weight is 732 g/mol. The van der Waals surface area contributed by atoms with E-state index in [1.165, 1.54) is 50.1 Å². The maximum absolute atomic E-state index is 5.53. The van der Waals surface area contributed by atoms with E-state index >= 15 is 0 Å². The van der Waals surface area contributed by atoms with Gasteiger partial charge in [-0.3, -0.25) is 0 Å². The van der Waals surface area contributed by atoms with Gasteiger partial charge in [0, 0.05) is 16.5 Å². The molecular weight excluding hydrogens is 691 g/mol. The topological polar surface area (TPSA) is 36.8 Å². The van der Waals surface area contributed by atoms with Crippen molar-refractivity contribution in [1.29, 1.82) is 0 Å². The predicted molar refractivity (Wildman–Crippen MR) is 238 cm³/mol. The fourth-order valence-electron chi connectivity index (χ4n) is 8.52. The van der Waals surface area contributed by atoms with Crippen LogP contribution in [-0.2, 0) is 5.41 Å². The van der Waals surface area contributed by atoms with Crippen LogP contribution >= 0.6 is 0 Å². The molecule has 3 nitrogen and oxygen atoms in total. The molecule has 57 heavy (non-hydrogen) atoms. The fraction of sp³-hybridized carbons (Fsp3) is 0.0741. The monoisotopic (exact) mass is 731 g/mol. The van der Waals surface area contributed by atoms with Gasteiger partial charge in [-0.25, -0.2) is 9.98 Å². The van der Waals surface area contributed by atoms with E-state index in [-0.39, 0.29) is 11.6 Å². The van der Waals surface area contributed by atoms with Crippen molar-refractivity contribution in [3.8, 4) is 55.6 Å². The van der Waals surface area contributed by atoms with Crippen LogP contribution in [0.2, 0.25) is 0 Å². The van der Waals surface area contributed by atoms with Crippen LogP contribution in [0.5, 0.6) is 0 Å². The number of hydrogen-bond acceptors (Lipinski definition) is 3. The molecule has 0 saturated carbocycles. The number of benzene rings is 8. The van der Waals surface area contributed by atoms with Crippen molar-refractivity contribution in [2.45, 2.75) is 25.4 Å². The van der Waals surface area contributed by atoms with E-state index in [0.29, 0.717) is 5.84 Å². The van der Waals surface area contributed by atoms with Crippen molar-refractivity contribution < 1.29 is 0 Å². The molecule has 1 unspecified atom stereocenters. The van der Waals surface area contributed by atoms with Gasteiger partial charge in [0.25, 0.3) is 0 Å². The number of fused-ring (bicyclic) bond motifs is 3. The average Bonchev–Trinajstić information content (AvgIpc) is 3.52. The summed E-state index contributed by atoms with van der Waals surface area (Å²) < 4.78 is 0. The Hall–Kier alpha value is -7.10. The Morgan fingerprint density at radius 2 is 0.895 bits per heavy atom. The Labute approximate surface area is 334 Å². The van der Waals surface area contributed by atoms with Crippen LogP contribution in [0.1, 0.15) is 47.8 Å². The molecule has 8 aromatic carbocycles. The molecule has 0 fully saturated rings. The summed E-state index contributed by atoms with van der Waals surface area (Å²) in [6.45, 7) is 4.72. The highest BCUT2D eigenvalue weighted by molar-refractivity contribution is 6.17. The zero-order chi connectivity index (χ0) is 38.3. The lowest BCUT2D eigenvalue weighted by Crippen LogP contribution is -2.33. The molecule has 1 heterocycles. The molecule has 0 saturated heterocycles. The summed E-state index contributed by atoms with van der Waals surface area (Å²) in [6, 6.07) is 71.5. The van der Waals surface area contributed by atoms with E-state index in [9.17, 15) is 0 Å². The number of aliphatic imine (C=N–C) groups is 2. The number of rotatable bonds is 7. The van der Waals surface area contributed by atoms with Gasteiger partial charge in [-0.05, 0) is 103 Å². The van der Waals surface area contributed by atoms with Crippen LogP contribution in [0.15, 0.2) is 210 Å². The molecule has 1 atom stereocenters. The summed E-state index contributed by atoms with van der Waals surface area (Å²) in [5.74, 6) is 1.51. The Bertz CT molecular complexity index is 2820. The van der Waals surface area contributed by atoms with Gasteiger partial charge in [0.1, 0.15) is 12.0 Å². The van der Waals surface area contributed by atoms with E-state index in [4.69, 9.17) is 9.98 Å². The van der Waals surface area contributed by atoms with Crippen molar-refractivity contribution in [1.82, 2.24) is 5.32 Å². The van der Waals surface area contributed by atoms with E-state index in [0.717, 1.165) is 39.2 Å². The molecule has 0 amide bonds. The molecule has 272 valence electrons. The second-order valence-corrected chi connectivity index (χ2v) is 15.5. The lowest BCUT2D eigenvalue weighted by Gasteiger charge is -2.26. The lowest BCUT2D eigenvalue weighted by atomic mass is 9.80. The Morgan fingerprint density at radius 3 is 1.51 bits per heavy atom. The summed E-state index contributed by atoms with van der Waals surface area (Å²) in [5, 5.41) is 3.78. The van der Waals surface area contributed by atoms with Crippen LogP contribution in [0, 0.1) is 0 Å². The summed E-state index contributed by atoms with van der Waals surface area (Å²) in [6.07, 6.45) is -0.373. The minimum atomic E-state index is -0.373. The second-order valence-electron chi connectivity index (χ2n) is 15.5. The first-order valence-electron chi connectivity index (χ1n) is 19.7. The van der Waals surface area contributed by atoms with Crippen LogP contribution in [-0.4, -0.2) is 11.7 Å². The quantitative estimate of drug-likeness (QED) is 0.174. The number of nitrogens with one attached hydrogen (secondary N) is 1. The van der Waals surface area contributed by atoms with Gasteiger partial charge in [0.05, 0.1) is 0 Å². The number of amidine groups is 2. The Balaban J connectivity index is 1.19. The molecule has 0 radical (unpaired) electrons. The van der Waals surface area contributed by atoms with Crippen LogP contribution in [0.4, 0.5) is 0 Å². The van der Waals surface area contributed by atoms with E-state index in [1.807, 2.05) is 0 Å². The molecule has 0 bridgehead atoms. The maximum atomic E-state index is 5.53. The number of nitrogens with zero attached hydrogens (tertiary/aromatic N) is 2. The SMILES string of the molecule is CC1(C)c2cc(-c3ccccc3)ccc2-c2c(C3=NC(c4cccc(-c5ccccc5)c4)NC(c4cccc(-c5ccccc5)c4)=N3)cc(-c3ccccc3)cc21. The first-order chi connectivity index (χ1) is 28.0. The summed E-state index contributed by atoms with van der Waals surface area (Å²) in [7, 11) is 0. The van der Waals surface area contributed by atoms with Crippen molar-refractivity contribution in [2.75, 3.05) is 0 Å². The van der Waals surface area contributed by atoms with Gasteiger partial charge in [-0.15, -0.1) is 0 Å². The van der Waals surface area contributed by atoms with Crippen molar-refractivity contribution in [3.63, 3.8) is 0 Å². The lowest BCUT2D eigenvalue weighted by molar-refractivity contribution is 0.660. The predicted octanol–water partition coefficient (Wildman–Crippen LogP) is 13.2. The van der Waals surface area contributed by atoms with Crippen LogP contribution < -0.4 is 5.32 Å². The molecule has 1 N–H and O–H groups in total. The number of hydrogen-bond donors (Lipinski definition) is 1. The maximum Gasteiger partial charge on any atom is 0.160 e. The first kappa shape index (κ1) is 34.4. The highest BCUT2D eigenvalue weighted by atomic mass is 15.2. The Morgan fingerprint density at radius 1 is 0.404 bits per heavy atom. The third kappa shape index (κ3) is 6.37. The van der Waals surface area contributed by atoms with Gasteiger partial charge in [-0.1, -0.05) is 184 Å². The largest absolute Gasteiger partial charge is 0.344 e. The van der Waals surface area contributed by atoms with Crippen LogP contribution in [0.25, 0.3) is 55.6 Å². The minimum Gasteiger partial charge on any atom is -0.344 e. The molecule has 1 aliphatic heterocycles. The molecule has 8 aromatic rings. The third-order valence-corrected chi connectivity index (χ3v) is 11.5. The molecule has 1 aliphatic carbocycles. The molecular formula is C54H41N3. The van der Waals surface area contributed by atoms with Gasteiger partial charge < -0.3 is 5.32 Å². The standard InChI is InChI=1S/C54H41N3/c1-54(2)48-34-42(38-21-11-5-12-22-38)29-30-46(48)50-47(33-45(35-49(50)54)39-23-13-6-14-24-39)53-56-51(43-27-15-25-40(31-43)36-17-7-3-8-18-36)55-52(57-53)44-28-16-26-41(32-44)37-19-9-4-10-20-37/h3-35,51H,1-2H3,(H,55,56,57). The van der Waals surface area contributed by atoms with Gasteiger partial charge >= 0.3 is 0 Å². The summed E-state index contributed by atoms with van der Waals surface area (Å²) in [4.78, 5) is 11.0. The smallest absolute Gasteiger partial charge is 0.160 e. The van der Waals surface area contributed by atoms with E-state index in [2.05, 4.69) is 219 Å². The second kappa shape index (κ2) is 14.2. The highest BCUT2D eigenvalue weighted by Gasteiger charge is 2.39. The normalized spacial score (nSPS) is 15.2. The molecule has 10 rings (SSSR count). The van der Waals surface area contributed by atoms with Crippen LogP contribution in [0.3, 0.4) is 0 Å². The highest BCUT2D eigenvalue weighted by Crippen LogP contribution is 2.52. The summed E-state index contributed by atoms with van der Waals surface area (Å²) in [5.41, 5.74) is 17.3. The third-order valence-electron chi connectivity index (χ3n) is 11.5. The molecule has 0 aromatic heterocycles. The van der Waals surface area contributed by atoms with Crippen molar-refractivity contribution in [3.05, 3.63) is 228 Å². The molecule has 0 spiro atoms. The minimum absolute atomic E-state index is 0.261. The zero-order valence-corrected chi connectivity index (χ0v) is 32.0. The van der Waals surface area contributed by atoms with Gasteiger partial charge in [0.2, 0.25) is 0 Å². The van der Waals surface area contributed by atoms with Gasteiger partial charge in [-0.2, -0.15) is 0 Å². The Kier molecular flexibility index (Phi) is 8.57. The van der Waals surface area contributed by atoms with Crippen molar-refractivity contribution in [2.24, 2.45) is 9.98 Å². The zero-order valence-electron chi connectivity index (χ0n) is 32.0. The fourth-order valence-corrected chi connectivity index (χ4v) is 8.52. The molecule has 2 aliphatic rings. The van der Waals surface area contributed by atoms with Crippen molar-refractivity contribution >= 4 is 11.7 Å².